The summed E-state index contributed by atoms with van der Waals surface area (Å²) in [6.45, 7) is 1.97. The van der Waals surface area contributed by atoms with Crippen molar-refractivity contribution in [1.29, 1.82) is 0 Å². The molecule has 4 N–H and O–H groups in total. The summed E-state index contributed by atoms with van der Waals surface area (Å²) in [5.41, 5.74) is 3.16. The number of phenolic OH excluding ortho intramolecular Hbond substituents is 2. The number of benzene rings is 2. The lowest BCUT2D eigenvalue weighted by molar-refractivity contribution is 0.116. The van der Waals surface area contributed by atoms with Crippen LogP contribution in [-0.2, 0) is 4.74 Å². The summed E-state index contributed by atoms with van der Waals surface area (Å²) >= 11 is 5.45. The predicted octanol–water partition coefficient (Wildman–Crippen LogP) is 4.20. The van der Waals surface area contributed by atoms with E-state index in [0.717, 1.165) is 22.3 Å². The normalized spacial score (nSPS) is 12.5. The fourth-order valence-corrected chi connectivity index (χ4v) is 3.34. The second-order valence-electron chi connectivity index (χ2n) is 6.23. The topological polar surface area (TPSA) is 99.1 Å². The highest BCUT2D eigenvalue weighted by Crippen LogP contribution is 2.34. The highest BCUT2D eigenvalue weighted by atomic mass is 32.1. The van der Waals surface area contributed by atoms with Crippen molar-refractivity contribution >= 4 is 23.1 Å². The van der Waals surface area contributed by atoms with Crippen LogP contribution in [-0.4, -0.2) is 37.1 Å². The fraction of sp³-hybridized carbons (Fsp3) is 0.158. The van der Waals surface area contributed by atoms with Gasteiger partial charge in [-0.3, -0.25) is 9.67 Å². The van der Waals surface area contributed by atoms with Crippen LogP contribution in [0.1, 0.15) is 18.7 Å². The molecular formula is C19H18N4O3S. The van der Waals surface area contributed by atoms with Crippen LogP contribution in [0.3, 0.4) is 0 Å². The minimum Gasteiger partial charge on any atom is -0.508 e. The molecule has 0 radical (unpaired) electrons. The predicted molar refractivity (Wildman–Crippen MR) is 105 cm³/mol. The first-order valence-electron chi connectivity index (χ1n) is 8.34. The molecule has 27 heavy (non-hydrogen) atoms. The molecule has 1 unspecified atom stereocenters. The Morgan fingerprint density at radius 2 is 2.00 bits per heavy atom. The Morgan fingerprint density at radius 3 is 2.74 bits per heavy atom. The molecule has 1 atom stereocenters. The van der Waals surface area contributed by atoms with E-state index in [4.69, 9.17) is 17.0 Å². The van der Waals surface area contributed by atoms with Gasteiger partial charge in [0.2, 0.25) is 0 Å². The molecule has 138 valence electrons. The molecule has 2 aromatic carbocycles. The second-order valence-corrected chi connectivity index (χ2v) is 6.62. The highest BCUT2D eigenvalue weighted by Gasteiger charge is 2.18. The van der Waals surface area contributed by atoms with Crippen molar-refractivity contribution in [3.63, 3.8) is 0 Å². The van der Waals surface area contributed by atoms with E-state index < -0.39 is 0 Å². The van der Waals surface area contributed by atoms with Crippen molar-refractivity contribution in [2.24, 2.45) is 0 Å². The summed E-state index contributed by atoms with van der Waals surface area (Å²) in [4.78, 5) is 3.36. The third kappa shape index (κ3) is 2.88. The van der Waals surface area contributed by atoms with Gasteiger partial charge in [-0.2, -0.15) is 5.10 Å². The van der Waals surface area contributed by atoms with Gasteiger partial charge in [-0.1, -0.05) is 6.07 Å². The third-order valence-corrected chi connectivity index (χ3v) is 4.86. The second kappa shape index (κ2) is 6.57. The zero-order chi connectivity index (χ0) is 19.1. The minimum absolute atomic E-state index is 0.0251. The van der Waals surface area contributed by atoms with Crippen LogP contribution in [0.2, 0.25) is 0 Å². The highest BCUT2D eigenvalue weighted by molar-refractivity contribution is 7.71. The number of hydrogen-bond donors (Lipinski definition) is 4. The SMILES string of the molecule is COC(C)c1cc2c(-n3c(-c4ccc(O)cc4O)n[nH]c3=S)cccc2[nH]1. The first-order valence-corrected chi connectivity index (χ1v) is 8.75. The lowest BCUT2D eigenvalue weighted by atomic mass is 10.1. The maximum atomic E-state index is 10.3. The Hall–Kier alpha value is -3.10. The quantitative estimate of drug-likeness (QED) is 0.397. The van der Waals surface area contributed by atoms with Crippen LogP contribution in [0.4, 0.5) is 0 Å². The average molecular weight is 382 g/mol. The summed E-state index contributed by atoms with van der Waals surface area (Å²) in [6, 6.07) is 12.2. The molecule has 0 saturated carbocycles. The summed E-state index contributed by atoms with van der Waals surface area (Å²) in [5.74, 6) is 0.343. The monoisotopic (exact) mass is 382 g/mol. The molecule has 0 aliphatic rings. The number of H-pyrrole nitrogens is 2. The number of nitrogens with one attached hydrogen (secondary N) is 2. The van der Waals surface area contributed by atoms with Crippen LogP contribution in [0, 0.1) is 4.77 Å². The Labute approximate surface area is 159 Å². The summed E-state index contributed by atoms with van der Waals surface area (Å²) < 4.78 is 7.56. The maximum absolute atomic E-state index is 10.3. The molecule has 2 aromatic heterocycles. The number of methoxy groups -OCH3 is 1. The first kappa shape index (κ1) is 17.3. The number of rotatable bonds is 4. The van der Waals surface area contributed by atoms with E-state index in [-0.39, 0.29) is 17.6 Å². The van der Waals surface area contributed by atoms with Gasteiger partial charge in [-0.05, 0) is 49.5 Å². The fourth-order valence-electron chi connectivity index (χ4n) is 3.11. The molecular weight excluding hydrogens is 364 g/mol. The van der Waals surface area contributed by atoms with Gasteiger partial charge < -0.3 is 19.9 Å². The van der Waals surface area contributed by atoms with Crippen LogP contribution in [0.25, 0.3) is 28.0 Å². The van der Waals surface area contributed by atoms with Gasteiger partial charge >= 0.3 is 0 Å². The third-order valence-electron chi connectivity index (χ3n) is 4.59. The molecule has 0 spiro atoms. The molecule has 8 heteroatoms. The van der Waals surface area contributed by atoms with Gasteiger partial charge in [-0.15, -0.1) is 0 Å². The van der Waals surface area contributed by atoms with Crippen LogP contribution >= 0.6 is 12.2 Å². The lowest BCUT2D eigenvalue weighted by Gasteiger charge is -2.10. The molecule has 0 fully saturated rings. The molecule has 0 bridgehead atoms. The van der Waals surface area contributed by atoms with E-state index in [1.165, 1.54) is 12.1 Å². The van der Waals surface area contributed by atoms with Crippen molar-refractivity contribution < 1.29 is 14.9 Å². The number of ether oxygens (including phenoxy) is 1. The van der Waals surface area contributed by atoms with E-state index in [0.29, 0.717) is 16.2 Å². The zero-order valence-electron chi connectivity index (χ0n) is 14.7. The van der Waals surface area contributed by atoms with Gasteiger partial charge in [0.05, 0.1) is 17.4 Å². The van der Waals surface area contributed by atoms with E-state index >= 15 is 0 Å². The Morgan fingerprint density at radius 1 is 1.19 bits per heavy atom. The number of nitrogens with zero attached hydrogens (tertiary/aromatic N) is 2. The maximum Gasteiger partial charge on any atom is 0.200 e. The lowest BCUT2D eigenvalue weighted by Crippen LogP contribution is -1.98. The molecule has 0 aliphatic heterocycles. The van der Waals surface area contributed by atoms with Gasteiger partial charge in [-0.25, -0.2) is 0 Å². The van der Waals surface area contributed by atoms with Gasteiger partial charge in [0.15, 0.2) is 10.6 Å². The van der Waals surface area contributed by atoms with Crippen LogP contribution < -0.4 is 0 Å². The van der Waals surface area contributed by atoms with E-state index in [9.17, 15) is 10.2 Å². The van der Waals surface area contributed by atoms with Crippen molar-refractivity contribution in [1.82, 2.24) is 19.7 Å². The standard InChI is InChI=1S/C19H18N4O3S/c1-10(26-2)15-9-13-14(20-15)4-3-5-16(13)23-18(21-22-19(23)27)12-7-6-11(24)8-17(12)25/h3-10,20,24-25H,1-2H3,(H,22,27). The van der Waals surface area contributed by atoms with Crippen LogP contribution in [0.5, 0.6) is 11.5 Å². The van der Waals surface area contributed by atoms with Gasteiger partial charge in [0, 0.05) is 29.8 Å². The summed E-state index contributed by atoms with van der Waals surface area (Å²) in [7, 11) is 1.66. The number of fused-ring (bicyclic) bond motifs is 1. The number of phenols is 2. The first-order chi connectivity index (χ1) is 13.0. The number of aromatic hydroxyl groups is 2. The Balaban J connectivity index is 1.96. The van der Waals surface area contributed by atoms with E-state index in [1.807, 2.05) is 31.2 Å². The number of hydrogen-bond acceptors (Lipinski definition) is 5. The number of aromatic amines is 2. The van der Waals surface area contributed by atoms with Crippen molar-refractivity contribution in [2.45, 2.75) is 13.0 Å². The smallest absolute Gasteiger partial charge is 0.200 e. The number of aromatic nitrogens is 4. The van der Waals surface area contributed by atoms with Crippen molar-refractivity contribution in [3.05, 3.63) is 52.9 Å². The van der Waals surface area contributed by atoms with Crippen LogP contribution in [0.15, 0.2) is 42.5 Å². The average Bonchev–Trinajstić information content (AvgIpc) is 3.24. The Bertz CT molecular complexity index is 1190. The molecule has 0 amide bonds. The molecule has 4 aromatic rings. The van der Waals surface area contributed by atoms with Crippen molar-refractivity contribution in [2.75, 3.05) is 7.11 Å². The molecule has 0 saturated heterocycles. The van der Waals surface area contributed by atoms with Gasteiger partial charge in [0.25, 0.3) is 0 Å². The molecule has 0 aliphatic carbocycles. The molecule has 4 rings (SSSR count). The largest absolute Gasteiger partial charge is 0.508 e. The summed E-state index contributed by atoms with van der Waals surface area (Å²) in [6.07, 6.45) is -0.0804. The van der Waals surface area contributed by atoms with E-state index in [2.05, 4.69) is 15.2 Å². The van der Waals surface area contributed by atoms with Crippen molar-refractivity contribution in [3.8, 4) is 28.6 Å². The van der Waals surface area contributed by atoms with E-state index in [1.54, 1.807) is 17.7 Å². The molecule has 2 heterocycles. The summed E-state index contributed by atoms with van der Waals surface area (Å²) in [5, 5.41) is 27.9. The molecule has 7 nitrogen and oxygen atoms in total. The van der Waals surface area contributed by atoms with Gasteiger partial charge in [0.1, 0.15) is 11.5 Å². The zero-order valence-corrected chi connectivity index (χ0v) is 15.5. The Kier molecular flexibility index (Phi) is 4.21. The minimum atomic E-state index is -0.0832.